The molecule has 1 saturated heterocycles. The summed E-state index contributed by atoms with van der Waals surface area (Å²) in [5, 5.41) is 0.425. The molecule has 0 spiro atoms. The van der Waals surface area contributed by atoms with Crippen molar-refractivity contribution in [3.8, 4) is 0 Å². The Morgan fingerprint density at radius 2 is 2.18 bits per heavy atom. The van der Waals surface area contributed by atoms with Gasteiger partial charge in [-0.15, -0.1) is 0 Å². The molecule has 1 fully saturated rings. The molecule has 1 aromatic heterocycles. The highest BCUT2D eigenvalue weighted by Gasteiger charge is 2.24. The fraction of sp³-hybridized carbons (Fsp3) is 0.636. The predicted molar refractivity (Wildman–Crippen MR) is 68.5 cm³/mol. The van der Waals surface area contributed by atoms with Crippen LogP contribution in [0.2, 0.25) is 0 Å². The Labute approximate surface area is 105 Å². The van der Waals surface area contributed by atoms with Crippen molar-refractivity contribution in [2.45, 2.75) is 26.2 Å². The summed E-state index contributed by atoms with van der Waals surface area (Å²) in [5.74, 6) is 0.382. The predicted octanol–water partition coefficient (Wildman–Crippen LogP) is 1.89. The maximum atomic E-state index is 11.8. The fourth-order valence-corrected chi connectivity index (χ4v) is 2.73. The van der Waals surface area contributed by atoms with Crippen molar-refractivity contribution in [1.82, 2.24) is 4.98 Å². The maximum Gasteiger partial charge on any atom is 0.352 e. The number of aromatic nitrogens is 1. The highest BCUT2D eigenvalue weighted by molar-refractivity contribution is 7.17. The van der Waals surface area contributed by atoms with Gasteiger partial charge in [-0.05, 0) is 26.2 Å². The van der Waals surface area contributed by atoms with E-state index < -0.39 is 0 Å². The summed E-state index contributed by atoms with van der Waals surface area (Å²) in [6.45, 7) is 4.05. The Bertz CT molecular complexity index is 399. The summed E-state index contributed by atoms with van der Waals surface area (Å²) >= 11 is 1.21. The zero-order valence-corrected chi connectivity index (χ0v) is 10.8. The number of anilines is 2. The Morgan fingerprint density at radius 3 is 2.82 bits per heavy atom. The quantitative estimate of drug-likeness (QED) is 0.835. The van der Waals surface area contributed by atoms with E-state index in [9.17, 15) is 4.79 Å². The van der Waals surface area contributed by atoms with Gasteiger partial charge in [0.25, 0.3) is 0 Å². The van der Waals surface area contributed by atoms with Crippen LogP contribution >= 0.6 is 11.3 Å². The highest BCUT2D eigenvalue weighted by atomic mass is 32.1. The van der Waals surface area contributed by atoms with Gasteiger partial charge in [-0.2, -0.15) is 0 Å². The molecule has 1 aromatic rings. The fourth-order valence-electron chi connectivity index (χ4n) is 1.98. The van der Waals surface area contributed by atoms with E-state index in [2.05, 4.69) is 9.88 Å². The molecule has 0 saturated carbocycles. The van der Waals surface area contributed by atoms with E-state index in [0.717, 1.165) is 25.9 Å². The van der Waals surface area contributed by atoms with Crippen LogP contribution in [0.25, 0.3) is 0 Å². The number of esters is 1. The normalized spacial score (nSPS) is 15.9. The van der Waals surface area contributed by atoms with Crippen molar-refractivity contribution < 1.29 is 9.53 Å². The first-order valence-corrected chi connectivity index (χ1v) is 6.72. The molecule has 6 heteroatoms. The minimum Gasteiger partial charge on any atom is -0.462 e. The summed E-state index contributed by atoms with van der Waals surface area (Å²) in [6.07, 6.45) is 3.52. The summed E-state index contributed by atoms with van der Waals surface area (Å²) in [4.78, 5) is 18.7. The lowest BCUT2D eigenvalue weighted by atomic mass is 10.1. The molecule has 2 rings (SSSR count). The van der Waals surface area contributed by atoms with Gasteiger partial charge in [-0.3, -0.25) is 0 Å². The minimum atomic E-state index is -0.317. The molecule has 0 unspecified atom stereocenters. The Kier molecular flexibility index (Phi) is 3.83. The lowest BCUT2D eigenvalue weighted by molar-refractivity contribution is 0.0532. The summed E-state index contributed by atoms with van der Waals surface area (Å²) < 4.78 is 5.02. The van der Waals surface area contributed by atoms with Gasteiger partial charge in [0.15, 0.2) is 15.8 Å². The largest absolute Gasteiger partial charge is 0.462 e. The summed E-state index contributed by atoms with van der Waals surface area (Å²) in [7, 11) is 0. The molecule has 1 aliphatic rings. The molecule has 0 aliphatic carbocycles. The number of hydrogen-bond acceptors (Lipinski definition) is 6. The van der Waals surface area contributed by atoms with Crippen LogP contribution < -0.4 is 10.6 Å². The highest BCUT2D eigenvalue weighted by Crippen LogP contribution is 2.30. The molecule has 17 heavy (non-hydrogen) atoms. The molecule has 0 atom stereocenters. The zero-order chi connectivity index (χ0) is 12.3. The van der Waals surface area contributed by atoms with Crippen LogP contribution in [0.3, 0.4) is 0 Å². The number of hydrogen-bond donors (Lipinski definition) is 1. The van der Waals surface area contributed by atoms with Gasteiger partial charge in [-0.25, -0.2) is 9.78 Å². The van der Waals surface area contributed by atoms with E-state index in [4.69, 9.17) is 10.5 Å². The van der Waals surface area contributed by atoms with Crippen molar-refractivity contribution in [2.24, 2.45) is 0 Å². The third-order valence-electron chi connectivity index (χ3n) is 2.74. The summed E-state index contributed by atoms with van der Waals surface area (Å²) in [5.41, 5.74) is 5.69. The SMILES string of the molecule is CCOC(=O)c1sc(N)nc1N1CCCCC1. The van der Waals surface area contributed by atoms with Crippen molar-refractivity contribution in [3.63, 3.8) is 0 Å². The van der Waals surface area contributed by atoms with Gasteiger partial charge >= 0.3 is 5.97 Å². The molecule has 0 radical (unpaired) electrons. The van der Waals surface area contributed by atoms with Crippen LogP contribution in [0, 0.1) is 0 Å². The molecular formula is C11H17N3O2S. The van der Waals surface area contributed by atoms with E-state index in [-0.39, 0.29) is 5.97 Å². The number of carbonyl (C=O) groups is 1. The number of carbonyl (C=O) groups excluding carboxylic acids is 1. The third-order valence-corrected chi connectivity index (χ3v) is 3.60. The van der Waals surface area contributed by atoms with Crippen molar-refractivity contribution in [2.75, 3.05) is 30.3 Å². The Hall–Kier alpha value is -1.30. The molecule has 2 N–H and O–H groups in total. The van der Waals surface area contributed by atoms with Crippen LogP contribution in [0.5, 0.6) is 0 Å². The molecule has 0 bridgehead atoms. The van der Waals surface area contributed by atoms with E-state index in [1.807, 2.05) is 0 Å². The number of rotatable bonds is 3. The van der Waals surface area contributed by atoms with Gasteiger partial charge in [-0.1, -0.05) is 11.3 Å². The zero-order valence-electron chi connectivity index (χ0n) is 9.94. The lowest BCUT2D eigenvalue weighted by Gasteiger charge is -2.27. The van der Waals surface area contributed by atoms with Crippen LogP contribution in [0.1, 0.15) is 35.9 Å². The topological polar surface area (TPSA) is 68.5 Å². The molecule has 0 amide bonds. The molecule has 0 aromatic carbocycles. The van der Waals surface area contributed by atoms with Crippen molar-refractivity contribution in [3.05, 3.63) is 4.88 Å². The number of ether oxygens (including phenoxy) is 1. The van der Waals surface area contributed by atoms with E-state index in [0.29, 0.717) is 22.4 Å². The first-order valence-electron chi connectivity index (χ1n) is 5.90. The molecule has 2 heterocycles. The van der Waals surface area contributed by atoms with Gasteiger partial charge in [0.05, 0.1) is 6.61 Å². The van der Waals surface area contributed by atoms with E-state index in [1.165, 1.54) is 17.8 Å². The number of nitrogens with zero attached hydrogens (tertiary/aromatic N) is 2. The second-order valence-electron chi connectivity index (χ2n) is 3.97. The average molecular weight is 255 g/mol. The standard InChI is InChI=1S/C11H17N3O2S/c1-2-16-10(15)8-9(13-11(12)17-8)14-6-4-3-5-7-14/h2-7H2,1H3,(H2,12,13). The van der Waals surface area contributed by atoms with Gasteiger partial charge in [0.2, 0.25) is 0 Å². The molecule has 5 nitrogen and oxygen atoms in total. The molecular weight excluding hydrogens is 238 g/mol. The average Bonchev–Trinajstić information content (AvgIpc) is 2.73. The molecule has 1 aliphatic heterocycles. The first kappa shape index (κ1) is 12.2. The van der Waals surface area contributed by atoms with Crippen LogP contribution in [0.15, 0.2) is 0 Å². The second kappa shape index (κ2) is 5.35. The van der Waals surface area contributed by atoms with Crippen LogP contribution in [0.4, 0.5) is 10.9 Å². The van der Waals surface area contributed by atoms with Gasteiger partial charge in [0, 0.05) is 13.1 Å². The maximum absolute atomic E-state index is 11.8. The van der Waals surface area contributed by atoms with E-state index >= 15 is 0 Å². The number of thiazole rings is 1. The third kappa shape index (κ3) is 2.69. The first-order chi connectivity index (χ1) is 8.22. The van der Waals surface area contributed by atoms with Crippen LogP contribution in [-0.2, 0) is 4.74 Å². The minimum absolute atomic E-state index is 0.317. The van der Waals surface area contributed by atoms with Crippen molar-refractivity contribution in [1.29, 1.82) is 0 Å². The van der Waals surface area contributed by atoms with Crippen molar-refractivity contribution >= 4 is 28.3 Å². The second-order valence-corrected chi connectivity index (χ2v) is 5.00. The van der Waals surface area contributed by atoms with Gasteiger partial charge < -0.3 is 15.4 Å². The monoisotopic (exact) mass is 255 g/mol. The number of nitrogens with two attached hydrogens (primary N) is 1. The lowest BCUT2D eigenvalue weighted by Crippen LogP contribution is -2.31. The smallest absolute Gasteiger partial charge is 0.352 e. The van der Waals surface area contributed by atoms with Gasteiger partial charge in [0.1, 0.15) is 0 Å². The summed E-state index contributed by atoms with van der Waals surface area (Å²) in [6, 6.07) is 0. The van der Waals surface area contributed by atoms with Crippen LogP contribution in [-0.4, -0.2) is 30.6 Å². The number of nitrogen functional groups attached to an aromatic ring is 1. The Balaban J connectivity index is 2.22. The number of piperidine rings is 1. The Morgan fingerprint density at radius 1 is 1.47 bits per heavy atom. The van der Waals surface area contributed by atoms with E-state index in [1.54, 1.807) is 6.92 Å². The molecule has 94 valence electrons.